The maximum Gasteiger partial charge on any atom is 0.327 e. The topological polar surface area (TPSA) is 94.8 Å². The Morgan fingerprint density at radius 2 is 2.18 bits per heavy atom. The van der Waals surface area contributed by atoms with Gasteiger partial charge in [-0.05, 0) is 11.4 Å². The van der Waals surface area contributed by atoms with E-state index in [2.05, 4.69) is 10.3 Å². The third-order valence-corrected chi connectivity index (χ3v) is 2.83. The lowest BCUT2D eigenvalue weighted by Crippen LogP contribution is -2.25. The fourth-order valence-electron chi connectivity index (χ4n) is 1.30. The van der Waals surface area contributed by atoms with Gasteiger partial charge in [-0.15, -0.1) is 11.3 Å². The van der Waals surface area contributed by atoms with Gasteiger partial charge >= 0.3 is 5.69 Å². The van der Waals surface area contributed by atoms with Gasteiger partial charge in [0.1, 0.15) is 5.82 Å². The summed E-state index contributed by atoms with van der Waals surface area (Å²) in [5.41, 5.74) is -1.20. The number of carbonyl (C=O) groups is 1. The molecule has 0 radical (unpaired) electrons. The lowest BCUT2D eigenvalue weighted by molar-refractivity contribution is -0.115. The molecule has 0 bridgehead atoms. The summed E-state index contributed by atoms with van der Waals surface area (Å²) in [7, 11) is 0. The Morgan fingerprint density at radius 3 is 2.82 bits per heavy atom. The van der Waals surface area contributed by atoms with Crippen LogP contribution in [0.4, 0.5) is 5.82 Å². The van der Waals surface area contributed by atoms with Gasteiger partial charge < -0.3 is 5.32 Å². The van der Waals surface area contributed by atoms with Gasteiger partial charge in [-0.25, -0.2) is 4.79 Å². The number of aromatic amines is 2. The molecule has 0 spiro atoms. The Morgan fingerprint density at radius 1 is 1.35 bits per heavy atom. The van der Waals surface area contributed by atoms with Crippen LogP contribution in [0.3, 0.4) is 0 Å². The molecule has 6 nitrogen and oxygen atoms in total. The molecule has 17 heavy (non-hydrogen) atoms. The highest BCUT2D eigenvalue weighted by molar-refractivity contribution is 7.10. The Balaban J connectivity index is 2.08. The van der Waals surface area contributed by atoms with E-state index in [0.717, 1.165) is 10.9 Å². The van der Waals surface area contributed by atoms with Crippen LogP contribution in [0.1, 0.15) is 4.88 Å². The Bertz CT molecular complexity index is 598. The summed E-state index contributed by atoms with van der Waals surface area (Å²) < 4.78 is 0. The fraction of sp³-hybridized carbons (Fsp3) is 0.100. The van der Waals surface area contributed by atoms with Crippen molar-refractivity contribution in [3.63, 3.8) is 0 Å². The van der Waals surface area contributed by atoms with E-state index in [-0.39, 0.29) is 18.1 Å². The molecule has 2 aromatic rings. The van der Waals surface area contributed by atoms with Crippen molar-refractivity contribution in [2.45, 2.75) is 6.42 Å². The van der Waals surface area contributed by atoms with Crippen molar-refractivity contribution >= 4 is 23.1 Å². The summed E-state index contributed by atoms with van der Waals surface area (Å²) in [6.07, 6.45) is 0.215. The van der Waals surface area contributed by atoms with Crippen LogP contribution in [0.25, 0.3) is 0 Å². The number of carbonyl (C=O) groups excluding carboxylic acids is 1. The number of amides is 1. The zero-order chi connectivity index (χ0) is 12.3. The first-order valence-corrected chi connectivity index (χ1v) is 5.67. The van der Waals surface area contributed by atoms with Crippen LogP contribution in [0, 0.1) is 0 Å². The van der Waals surface area contributed by atoms with Crippen molar-refractivity contribution in [1.29, 1.82) is 0 Å². The van der Waals surface area contributed by atoms with E-state index in [9.17, 15) is 14.4 Å². The first kappa shape index (κ1) is 11.3. The summed E-state index contributed by atoms with van der Waals surface area (Å²) in [6, 6.07) is 4.81. The molecule has 0 saturated carbocycles. The summed E-state index contributed by atoms with van der Waals surface area (Å²) in [4.78, 5) is 38.7. The summed E-state index contributed by atoms with van der Waals surface area (Å²) in [5.74, 6) is -0.186. The van der Waals surface area contributed by atoms with Gasteiger partial charge in [0.05, 0.1) is 6.42 Å². The lowest BCUT2D eigenvalue weighted by atomic mass is 10.3. The largest absolute Gasteiger partial charge is 0.327 e. The lowest BCUT2D eigenvalue weighted by Gasteiger charge is -2.02. The van der Waals surface area contributed by atoms with Gasteiger partial charge in [0.15, 0.2) is 0 Å². The minimum absolute atomic E-state index is 0.0975. The molecule has 2 rings (SSSR count). The van der Waals surface area contributed by atoms with Crippen LogP contribution in [-0.2, 0) is 11.2 Å². The standard InChI is InChI=1S/C10H9N3O3S/c14-8(4-6-2-1-3-17-6)11-7-5-9(15)13-10(16)12-7/h1-3,5H,4H2,(H3,11,12,13,14,15,16). The molecular weight excluding hydrogens is 242 g/mol. The number of thiophene rings is 1. The van der Waals surface area contributed by atoms with E-state index >= 15 is 0 Å². The van der Waals surface area contributed by atoms with Crippen molar-refractivity contribution in [2.75, 3.05) is 5.32 Å². The van der Waals surface area contributed by atoms with E-state index in [0.29, 0.717) is 0 Å². The molecule has 0 unspecified atom stereocenters. The quantitative estimate of drug-likeness (QED) is 0.732. The predicted molar refractivity (Wildman–Crippen MR) is 64.3 cm³/mol. The monoisotopic (exact) mass is 251 g/mol. The van der Waals surface area contributed by atoms with E-state index in [1.807, 2.05) is 22.5 Å². The maximum absolute atomic E-state index is 11.6. The van der Waals surface area contributed by atoms with Crippen LogP contribution in [-0.4, -0.2) is 15.9 Å². The number of hydrogen-bond donors (Lipinski definition) is 3. The number of aromatic nitrogens is 2. The molecule has 2 aromatic heterocycles. The number of anilines is 1. The smallest absolute Gasteiger partial charge is 0.312 e. The minimum atomic E-state index is -0.649. The van der Waals surface area contributed by atoms with Gasteiger partial charge in [-0.2, -0.15) is 0 Å². The maximum atomic E-state index is 11.6. The molecule has 7 heteroatoms. The number of rotatable bonds is 3. The molecule has 0 aromatic carbocycles. The highest BCUT2D eigenvalue weighted by Gasteiger charge is 2.05. The van der Waals surface area contributed by atoms with E-state index in [4.69, 9.17) is 0 Å². The average Bonchev–Trinajstić information content (AvgIpc) is 2.67. The van der Waals surface area contributed by atoms with Crippen molar-refractivity contribution in [3.05, 3.63) is 49.3 Å². The van der Waals surface area contributed by atoms with Gasteiger partial charge in [-0.1, -0.05) is 6.07 Å². The molecule has 0 aliphatic rings. The van der Waals surface area contributed by atoms with Crippen LogP contribution in [0.5, 0.6) is 0 Å². The number of H-pyrrole nitrogens is 2. The van der Waals surface area contributed by atoms with Crippen LogP contribution < -0.4 is 16.6 Å². The molecule has 2 heterocycles. The van der Waals surface area contributed by atoms with E-state index in [1.165, 1.54) is 11.3 Å². The highest BCUT2D eigenvalue weighted by Crippen LogP contribution is 2.09. The van der Waals surface area contributed by atoms with Crippen molar-refractivity contribution in [3.8, 4) is 0 Å². The molecule has 0 aliphatic heterocycles. The molecule has 88 valence electrons. The Kier molecular flexibility index (Phi) is 3.20. The highest BCUT2D eigenvalue weighted by atomic mass is 32.1. The van der Waals surface area contributed by atoms with Crippen LogP contribution in [0.15, 0.2) is 33.2 Å². The molecule has 0 saturated heterocycles. The third-order valence-electron chi connectivity index (χ3n) is 1.95. The SMILES string of the molecule is O=C(Cc1cccs1)Nc1cc(=O)[nH]c(=O)[nH]1. The van der Waals surface area contributed by atoms with Crippen molar-refractivity contribution in [2.24, 2.45) is 0 Å². The van der Waals surface area contributed by atoms with Crippen LogP contribution >= 0.6 is 11.3 Å². The predicted octanol–water partition coefficient (Wildman–Crippen LogP) is 0.306. The average molecular weight is 251 g/mol. The molecule has 3 N–H and O–H groups in total. The first-order valence-electron chi connectivity index (χ1n) is 4.79. The van der Waals surface area contributed by atoms with E-state index < -0.39 is 11.2 Å². The summed E-state index contributed by atoms with van der Waals surface area (Å²) >= 11 is 1.47. The second-order valence-corrected chi connectivity index (χ2v) is 4.34. The fourth-order valence-corrected chi connectivity index (χ4v) is 2.01. The van der Waals surface area contributed by atoms with Crippen LogP contribution in [0.2, 0.25) is 0 Å². The summed E-state index contributed by atoms with van der Waals surface area (Å²) in [5, 5.41) is 4.33. The molecule has 0 fully saturated rings. The minimum Gasteiger partial charge on any atom is -0.312 e. The molecule has 0 aliphatic carbocycles. The van der Waals surface area contributed by atoms with Crippen molar-refractivity contribution < 1.29 is 4.79 Å². The van der Waals surface area contributed by atoms with Gasteiger partial charge in [0.2, 0.25) is 5.91 Å². The Labute approximate surface area is 99.3 Å². The summed E-state index contributed by atoms with van der Waals surface area (Å²) in [6.45, 7) is 0. The zero-order valence-electron chi connectivity index (χ0n) is 8.65. The second kappa shape index (κ2) is 4.79. The number of hydrogen-bond acceptors (Lipinski definition) is 4. The van der Waals surface area contributed by atoms with E-state index in [1.54, 1.807) is 0 Å². The number of nitrogens with one attached hydrogen (secondary N) is 3. The third kappa shape index (κ3) is 3.15. The normalized spacial score (nSPS) is 10.1. The van der Waals surface area contributed by atoms with Gasteiger partial charge in [0, 0.05) is 10.9 Å². The van der Waals surface area contributed by atoms with Gasteiger partial charge in [-0.3, -0.25) is 19.6 Å². The molecule has 0 atom stereocenters. The van der Waals surface area contributed by atoms with Crippen molar-refractivity contribution in [1.82, 2.24) is 9.97 Å². The zero-order valence-corrected chi connectivity index (χ0v) is 9.47. The molecular formula is C10H9N3O3S. The Hall–Kier alpha value is -2.15. The first-order chi connectivity index (χ1) is 8.13. The molecule has 1 amide bonds. The van der Waals surface area contributed by atoms with Gasteiger partial charge in [0.25, 0.3) is 5.56 Å². The second-order valence-electron chi connectivity index (χ2n) is 3.31.